The van der Waals surface area contributed by atoms with Crippen molar-refractivity contribution >= 4 is 5.97 Å². The van der Waals surface area contributed by atoms with Crippen molar-refractivity contribution in [1.29, 1.82) is 0 Å². The Hall–Kier alpha value is -0.530. The lowest BCUT2D eigenvalue weighted by atomic mass is 10.0. The highest BCUT2D eigenvalue weighted by atomic mass is 16.4. The van der Waals surface area contributed by atoms with Gasteiger partial charge in [-0.2, -0.15) is 0 Å². The van der Waals surface area contributed by atoms with Gasteiger partial charge in [-0.25, -0.2) is 0 Å². The number of carboxylic acid groups (broad SMARTS) is 1. The van der Waals surface area contributed by atoms with Crippen LogP contribution in [0.2, 0.25) is 0 Å². The number of rotatable bonds is 6. The van der Waals surface area contributed by atoms with Crippen molar-refractivity contribution in [1.82, 2.24) is 0 Å². The number of hydrogen-bond donors (Lipinski definition) is 1. The summed E-state index contributed by atoms with van der Waals surface area (Å²) < 4.78 is 0. The molecular weight excluding hydrogens is 200 g/mol. The Balaban J connectivity index is 0.000000315. The fraction of sp³-hybridized carbons (Fsp3) is 0.929. The zero-order valence-corrected chi connectivity index (χ0v) is 10.8. The minimum absolute atomic E-state index is 0.337. The van der Waals surface area contributed by atoms with Crippen LogP contribution in [-0.4, -0.2) is 11.1 Å². The van der Waals surface area contributed by atoms with E-state index in [1.54, 1.807) is 0 Å². The first-order valence-corrected chi connectivity index (χ1v) is 6.99. The molecule has 0 bridgehead atoms. The quantitative estimate of drug-likeness (QED) is 0.665. The second-order valence-corrected chi connectivity index (χ2v) is 4.68. The van der Waals surface area contributed by atoms with Crippen molar-refractivity contribution in [3.63, 3.8) is 0 Å². The van der Waals surface area contributed by atoms with E-state index in [-0.39, 0.29) is 0 Å². The van der Waals surface area contributed by atoms with Crippen molar-refractivity contribution in [2.75, 3.05) is 0 Å². The van der Waals surface area contributed by atoms with Crippen LogP contribution in [-0.2, 0) is 4.79 Å². The van der Waals surface area contributed by atoms with Crippen molar-refractivity contribution in [3.05, 3.63) is 0 Å². The molecule has 1 saturated carbocycles. The van der Waals surface area contributed by atoms with Gasteiger partial charge in [0.25, 0.3) is 0 Å². The summed E-state index contributed by atoms with van der Waals surface area (Å²) in [5.41, 5.74) is 0. The summed E-state index contributed by atoms with van der Waals surface area (Å²) in [7, 11) is 0. The summed E-state index contributed by atoms with van der Waals surface area (Å²) in [4.78, 5) is 10.0. The average molecular weight is 228 g/mol. The van der Waals surface area contributed by atoms with Gasteiger partial charge in [-0.1, -0.05) is 71.1 Å². The molecule has 0 heterocycles. The molecule has 1 fully saturated rings. The first kappa shape index (κ1) is 15.5. The summed E-state index contributed by atoms with van der Waals surface area (Å²) in [5, 5.41) is 8.27. The highest BCUT2D eigenvalue weighted by Crippen LogP contribution is 2.15. The maximum Gasteiger partial charge on any atom is 0.303 e. The van der Waals surface area contributed by atoms with Gasteiger partial charge < -0.3 is 5.11 Å². The van der Waals surface area contributed by atoms with Crippen LogP contribution in [0.25, 0.3) is 0 Å². The molecule has 0 amide bonds. The molecule has 1 rings (SSSR count). The Morgan fingerprint density at radius 3 is 1.69 bits per heavy atom. The molecular formula is C14H28O2. The van der Waals surface area contributed by atoms with Gasteiger partial charge in [-0.15, -0.1) is 0 Å². The fourth-order valence-corrected chi connectivity index (χ4v) is 1.94. The third kappa shape index (κ3) is 13.5. The van der Waals surface area contributed by atoms with Crippen LogP contribution < -0.4 is 0 Å². The van der Waals surface area contributed by atoms with Gasteiger partial charge in [-0.05, 0) is 6.42 Å². The van der Waals surface area contributed by atoms with Gasteiger partial charge in [0.2, 0.25) is 0 Å². The molecule has 0 aromatic heterocycles. The van der Waals surface area contributed by atoms with Crippen LogP contribution in [0.15, 0.2) is 0 Å². The normalized spacial score (nSPS) is 15.1. The van der Waals surface area contributed by atoms with E-state index in [4.69, 9.17) is 5.11 Å². The molecule has 0 aromatic carbocycles. The summed E-state index contributed by atoms with van der Waals surface area (Å²) in [5.74, 6) is -0.670. The minimum atomic E-state index is -0.670. The van der Waals surface area contributed by atoms with Crippen LogP contribution in [0.4, 0.5) is 0 Å². The predicted molar refractivity (Wildman–Crippen MR) is 68.7 cm³/mol. The highest BCUT2D eigenvalue weighted by Gasteiger charge is 1.95. The fourth-order valence-electron chi connectivity index (χ4n) is 1.94. The number of unbranched alkanes of at least 4 members (excludes halogenated alkanes) is 4. The molecule has 0 spiro atoms. The zero-order chi connectivity index (χ0) is 12.1. The molecule has 0 aliphatic heterocycles. The van der Waals surface area contributed by atoms with Crippen molar-refractivity contribution in [2.45, 2.75) is 84.0 Å². The monoisotopic (exact) mass is 228 g/mol. The average Bonchev–Trinajstić information content (AvgIpc) is 2.31. The topological polar surface area (TPSA) is 37.3 Å². The van der Waals surface area contributed by atoms with E-state index in [1.165, 1.54) is 57.8 Å². The van der Waals surface area contributed by atoms with Crippen LogP contribution >= 0.6 is 0 Å². The number of carboxylic acids is 1. The van der Waals surface area contributed by atoms with E-state index in [0.717, 1.165) is 12.8 Å². The van der Waals surface area contributed by atoms with Gasteiger partial charge in [0.05, 0.1) is 0 Å². The lowest BCUT2D eigenvalue weighted by Crippen LogP contribution is -1.93. The summed E-state index contributed by atoms with van der Waals surface area (Å²) >= 11 is 0. The van der Waals surface area contributed by atoms with E-state index in [0.29, 0.717) is 6.42 Å². The third-order valence-electron chi connectivity index (χ3n) is 2.99. The molecule has 2 heteroatoms. The Labute approximate surface area is 100 Å². The van der Waals surface area contributed by atoms with E-state index in [2.05, 4.69) is 6.92 Å². The maximum absolute atomic E-state index is 10.0. The van der Waals surface area contributed by atoms with Crippen molar-refractivity contribution in [2.24, 2.45) is 0 Å². The molecule has 0 unspecified atom stereocenters. The Kier molecular flexibility index (Phi) is 12.1. The first-order chi connectivity index (χ1) is 7.77. The smallest absolute Gasteiger partial charge is 0.303 e. The van der Waals surface area contributed by atoms with Gasteiger partial charge in [0.15, 0.2) is 0 Å². The Bertz CT molecular complexity index is 139. The van der Waals surface area contributed by atoms with E-state index in [9.17, 15) is 4.79 Å². The van der Waals surface area contributed by atoms with Crippen molar-refractivity contribution in [3.8, 4) is 0 Å². The second-order valence-electron chi connectivity index (χ2n) is 4.68. The largest absolute Gasteiger partial charge is 0.481 e. The van der Waals surface area contributed by atoms with E-state index in [1.807, 2.05) is 0 Å². The Morgan fingerprint density at radius 1 is 0.875 bits per heavy atom. The van der Waals surface area contributed by atoms with Gasteiger partial charge in [0.1, 0.15) is 0 Å². The first-order valence-electron chi connectivity index (χ1n) is 6.99. The standard InChI is InChI=1S/C8H16O2.C6H12/c1-2-3-4-5-6-7-8(9)10;1-2-4-6-5-3-1/h2-7H2,1H3,(H,9,10);1-6H2. The van der Waals surface area contributed by atoms with Crippen molar-refractivity contribution < 1.29 is 9.90 Å². The number of carbonyl (C=O) groups is 1. The third-order valence-corrected chi connectivity index (χ3v) is 2.99. The molecule has 0 radical (unpaired) electrons. The molecule has 0 atom stereocenters. The summed E-state index contributed by atoms with van der Waals surface area (Å²) in [6.45, 7) is 2.15. The zero-order valence-electron chi connectivity index (χ0n) is 10.8. The van der Waals surface area contributed by atoms with Crippen LogP contribution in [0.3, 0.4) is 0 Å². The highest BCUT2D eigenvalue weighted by molar-refractivity contribution is 5.66. The number of hydrogen-bond acceptors (Lipinski definition) is 1. The molecule has 2 nitrogen and oxygen atoms in total. The molecule has 0 saturated heterocycles. The minimum Gasteiger partial charge on any atom is -0.481 e. The summed E-state index contributed by atoms with van der Waals surface area (Å²) in [6, 6.07) is 0. The van der Waals surface area contributed by atoms with Crippen LogP contribution in [0.5, 0.6) is 0 Å². The molecule has 1 N–H and O–H groups in total. The number of aliphatic carboxylic acids is 1. The van der Waals surface area contributed by atoms with Crippen LogP contribution in [0.1, 0.15) is 84.0 Å². The Morgan fingerprint density at radius 2 is 1.31 bits per heavy atom. The van der Waals surface area contributed by atoms with Crippen LogP contribution in [0, 0.1) is 0 Å². The van der Waals surface area contributed by atoms with Gasteiger partial charge >= 0.3 is 5.97 Å². The van der Waals surface area contributed by atoms with E-state index >= 15 is 0 Å². The molecule has 1 aliphatic rings. The molecule has 96 valence electrons. The lowest BCUT2D eigenvalue weighted by molar-refractivity contribution is -0.137. The molecule has 0 aromatic rings. The maximum atomic E-state index is 10.0. The second kappa shape index (κ2) is 12.5. The SMILES string of the molecule is C1CCCCC1.CCCCCCCC(=O)O. The summed E-state index contributed by atoms with van der Waals surface area (Å²) in [6.07, 6.45) is 14.9. The van der Waals surface area contributed by atoms with Gasteiger partial charge in [0, 0.05) is 6.42 Å². The molecule has 16 heavy (non-hydrogen) atoms. The van der Waals surface area contributed by atoms with E-state index < -0.39 is 5.97 Å². The molecule has 1 aliphatic carbocycles. The van der Waals surface area contributed by atoms with Gasteiger partial charge in [-0.3, -0.25) is 4.79 Å². The lowest BCUT2D eigenvalue weighted by Gasteiger charge is -2.05. The predicted octanol–water partition coefficient (Wildman–Crippen LogP) is 4.77.